The van der Waals surface area contributed by atoms with Crippen molar-refractivity contribution in [1.82, 2.24) is 0 Å². The standard InChI is InChI=1S/CH3IO.Na.H/c1-3-2;;/h1H3;;/q;+1;-1. The normalized spacial score (nSPS) is 4.50. The zero-order valence-electron chi connectivity index (χ0n) is 3.79. The number of hydrogen-bond acceptors (Lipinski definition) is 1. The number of rotatable bonds is 0. The van der Waals surface area contributed by atoms with Crippen LogP contribution in [0.15, 0.2) is 0 Å². The summed E-state index contributed by atoms with van der Waals surface area (Å²) in [7, 11) is 1.61. The summed E-state index contributed by atoms with van der Waals surface area (Å²) in [6.45, 7) is 0. The van der Waals surface area contributed by atoms with Crippen LogP contribution in [0.3, 0.4) is 0 Å². The molecule has 0 aromatic heterocycles. The van der Waals surface area contributed by atoms with E-state index < -0.39 is 0 Å². The maximum atomic E-state index is 4.22. The van der Waals surface area contributed by atoms with Crippen molar-refractivity contribution >= 4 is 23.0 Å². The van der Waals surface area contributed by atoms with Crippen molar-refractivity contribution in [3.63, 3.8) is 0 Å². The van der Waals surface area contributed by atoms with E-state index in [1.807, 2.05) is 0 Å². The van der Waals surface area contributed by atoms with Gasteiger partial charge in [0.25, 0.3) is 0 Å². The van der Waals surface area contributed by atoms with Gasteiger partial charge in [0, 0.05) is 7.11 Å². The number of halogens is 1. The van der Waals surface area contributed by atoms with Crippen LogP contribution in [0.1, 0.15) is 1.43 Å². The quantitative estimate of drug-likeness (QED) is 0.314. The molecule has 0 saturated carbocycles. The fourth-order valence-electron chi connectivity index (χ4n) is 0. The van der Waals surface area contributed by atoms with Gasteiger partial charge in [0.1, 0.15) is 23.0 Å². The molecule has 0 rings (SSSR count). The first kappa shape index (κ1) is 9.19. The Balaban J connectivity index is -0.0000000200. The molecule has 3 heteroatoms. The van der Waals surface area contributed by atoms with E-state index >= 15 is 0 Å². The van der Waals surface area contributed by atoms with Crippen LogP contribution in [-0.4, -0.2) is 7.11 Å². The molecule has 0 aliphatic carbocycles. The Labute approximate surface area is 63.6 Å². The van der Waals surface area contributed by atoms with E-state index in [9.17, 15) is 0 Å². The second-order valence-electron chi connectivity index (χ2n) is 0.154. The second kappa shape index (κ2) is 8.83. The molecule has 0 radical (unpaired) electrons. The Bertz CT molecular complexity index is 11.6. The van der Waals surface area contributed by atoms with Crippen LogP contribution in [0, 0.1) is 0 Å². The first-order chi connectivity index (χ1) is 1.41. The van der Waals surface area contributed by atoms with Crippen LogP contribution in [0.2, 0.25) is 0 Å². The van der Waals surface area contributed by atoms with Gasteiger partial charge in [-0.25, -0.2) is 0 Å². The summed E-state index contributed by atoms with van der Waals surface area (Å²) < 4.78 is 4.22. The van der Waals surface area contributed by atoms with Crippen molar-refractivity contribution in [2.75, 3.05) is 7.11 Å². The zero-order chi connectivity index (χ0) is 2.71. The summed E-state index contributed by atoms with van der Waals surface area (Å²) in [5.41, 5.74) is 0. The van der Waals surface area contributed by atoms with Crippen molar-refractivity contribution in [1.29, 1.82) is 0 Å². The van der Waals surface area contributed by atoms with Crippen molar-refractivity contribution < 1.29 is 34.1 Å². The molecule has 0 amide bonds. The smallest absolute Gasteiger partial charge is 1.00 e. The zero-order valence-corrected chi connectivity index (χ0v) is 6.94. The molecule has 22 valence electrons. The van der Waals surface area contributed by atoms with Crippen LogP contribution in [0.25, 0.3) is 0 Å². The van der Waals surface area contributed by atoms with Gasteiger partial charge in [-0.05, 0) is 0 Å². The van der Waals surface area contributed by atoms with Gasteiger partial charge in [-0.1, -0.05) is 0 Å². The molecule has 0 aromatic rings. The monoisotopic (exact) mass is 182 g/mol. The predicted molar refractivity (Wildman–Crippen MR) is 22.1 cm³/mol. The summed E-state index contributed by atoms with van der Waals surface area (Å²) in [5.74, 6) is 0. The molecular formula is CH4INaO. The fourth-order valence-corrected chi connectivity index (χ4v) is 0. The Hall–Kier alpha value is 1.69. The van der Waals surface area contributed by atoms with E-state index in [0.29, 0.717) is 0 Å². The predicted octanol–water partition coefficient (Wildman–Crippen LogP) is -1.90. The van der Waals surface area contributed by atoms with Gasteiger partial charge in [0.05, 0.1) is 0 Å². The minimum absolute atomic E-state index is 0. The first-order valence-electron chi connectivity index (χ1n) is 0.563. The summed E-state index contributed by atoms with van der Waals surface area (Å²) in [6.07, 6.45) is 0. The van der Waals surface area contributed by atoms with Gasteiger partial charge >= 0.3 is 29.6 Å². The van der Waals surface area contributed by atoms with Gasteiger partial charge in [0.2, 0.25) is 0 Å². The van der Waals surface area contributed by atoms with E-state index in [4.69, 9.17) is 0 Å². The van der Waals surface area contributed by atoms with Crippen LogP contribution in [0.5, 0.6) is 0 Å². The van der Waals surface area contributed by atoms with E-state index in [1.165, 1.54) is 0 Å². The molecule has 0 heterocycles. The Morgan fingerprint density at radius 1 is 2.00 bits per heavy atom. The summed E-state index contributed by atoms with van der Waals surface area (Å²) >= 11 is 1.79. The maximum absolute atomic E-state index is 4.22. The number of hydrogen-bond donors (Lipinski definition) is 0. The average Bonchev–Trinajstić information content (AvgIpc) is 0.918. The molecule has 0 fully saturated rings. The molecule has 0 spiro atoms. The van der Waals surface area contributed by atoms with Gasteiger partial charge < -0.3 is 4.49 Å². The average molecular weight is 182 g/mol. The molecule has 1 nitrogen and oxygen atoms in total. The fraction of sp³-hybridized carbons (Fsp3) is 1.00. The third kappa shape index (κ3) is 9.35. The van der Waals surface area contributed by atoms with E-state index in [-0.39, 0.29) is 31.0 Å². The SMILES string of the molecule is COI.[H-].[Na+]. The van der Waals surface area contributed by atoms with Crippen molar-refractivity contribution in [3.05, 3.63) is 0 Å². The minimum Gasteiger partial charge on any atom is -1.00 e. The molecule has 0 aliphatic heterocycles. The molecule has 0 atom stereocenters. The first-order valence-corrected chi connectivity index (χ1v) is 1.44. The van der Waals surface area contributed by atoms with Crippen LogP contribution < -0.4 is 29.6 Å². The molecule has 0 N–H and O–H groups in total. The van der Waals surface area contributed by atoms with Crippen molar-refractivity contribution in [2.45, 2.75) is 0 Å². The largest absolute Gasteiger partial charge is 1.00 e. The van der Waals surface area contributed by atoms with Crippen LogP contribution in [0.4, 0.5) is 0 Å². The van der Waals surface area contributed by atoms with Crippen molar-refractivity contribution in [3.8, 4) is 0 Å². The summed E-state index contributed by atoms with van der Waals surface area (Å²) in [5, 5.41) is 0. The van der Waals surface area contributed by atoms with Gasteiger partial charge in [-0.2, -0.15) is 0 Å². The Morgan fingerprint density at radius 3 is 2.00 bits per heavy atom. The van der Waals surface area contributed by atoms with Crippen molar-refractivity contribution in [2.24, 2.45) is 0 Å². The summed E-state index contributed by atoms with van der Waals surface area (Å²) in [4.78, 5) is 0. The molecule has 0 unspecified atom stereocenters. The molecule has 0 saturated heterocycles. The Kier molecular flexibility index (Phi) is 20.3. The second-order valence-corrected chi connectivity index (χ2v) is 1.04. The van der Waals surface area contributed by atoms with Gasteiger partial charge in [-0.15, -0.1) is 0 Å². The third-order valence-corrected chi connectivity index (χ3v) is 0. The molecule has 4 heavy (non-hydrogen) atoms. The topological polar surface area (TPSA) is 9.23 Å². The maximum Gasteiger partial charge on any atom is 1.00 e. The minimum atomic E-state index is 0. The van der Waals surface area contributed by atoms with Gasteiger partial charge in [0.15, 0.2) is 0 Å². The Morgan fingerprint density at radius 2 is 2.00 bits per heavy atom. The molecule has 0 bridgehead atoms. The van der Waals surface area contributed by atoms with E-state index in [2.05, 4.69) is 3.07 Å². The van der Waals surface area contributed by atoms with Gasteiger partial charge in [-0.3, -0.25) is 0 Å². The molecular weight excluding hydrogens is 178 g/mol. The molecule has 0 aliphatic rings. The summed E-state index contributed by atoms with van der Waals surface area (Å²) in [6, 6.07) is 0. The van der Waals surface area contributed by atoms with Crippen LogP contribution >= 0.6 is 23.0 Å². The third-order valence-electron chi connectivity index (χ3n) is 0. The van der Waals surface area contributed by atoms with Crippen LogP contribution in [-0.2, 0) is 3.07 Å². The molecule has 0 aromatic carbocycles. The van der Waals surface area contributed by atoms with E-state index in [1.54, 1.807) is 30.1 Å². The van der Waals surface area contributed by atoms with E-state index in [0.717, 1.165) is 0 Å².